The number of hydrogen-bond acceptors (Lipinski definition) is 7. The highest BCUT2D eigenvalue weighted by atomic mass is 16.3. The maximum absolute atomic E-state index is 12.6. The molecule has 2 amide bonds. The van der Waals surface area contributed by atoms with E-state index in [1.807, 2.05) is 0 Å². The molecule has 3 N–H and O–H groups in total. The first-order valence-corrected chi connectivity index (χ1v) is 7.52. The van der Waals surface area contributed by atoms with Gasteiger partial charge in [-0.3, -0.25) is 14.4 Å². The summed E-state index contributed by atoms with van der Waals surface area (Å²) in [5.41, 5.74) is 5.85. The van der Waals surface area contributed by atoms with Gasteiger partial charge in [-0.2, -0.15) is 5.10 Å². The van der Waals surface area contributed by atoms with Crippen molar-refractivity contribution >= 4 is 17.6 Å². The minimum Gasteiger partial charge on any atom is -0.472 e. The van der Waals surface area contributed by atoms with Crippen molar-refractivity contribution in [3.63, 3.8) is 0 Å². The number of carbonyl (C=O) groups is 3. The Balaban J connectivity index is 1.83. The van der Waals surface area contributed by atoms with Crippen LogP contribution >= 0.6 is 0 Å². The molecule has 0 spiro atoms. The van der Waals surface area contributed by atoms with Gasteiger partial charge in [0.15, 0.2) is 5.82 Å². The van der Waals surface area contributed by atoms with Gasteiger partial charge in [0.25, 0.3) is 11.8 Å². The van der Waals surface area contributed by atoms with E-state index in [-0.39, 0.29) is 12.1 Å². The van der Waals surface area contributed by atoms with Crippen molar-refractivity contribution in [3.05, 3.63) is 60.7 Å². The fourth-order valence-electron chi connectivity index (χ4n) is 2.32. The van der Waals surface area contributed by atoms with Crippen LogP contribution in [0.2, 0.25) is 0 Å². The molecule has 0 aliphatic carbocycles. The van der Waals surface area contributed by atoms with Crippen molar-refractivity contribution < 1.29 is 18.8 Å². The summed E-state index contributed by atoms with van der Waals surface area (Å²) in [5.74, 6) is -2.28. The quantitative estimate of drug-likeness (QED) is 0.551. The molecule has 3 aromatic heterocycles. The fourth-order valence-corrected chi connectivity index (χ4v) is 2.32. The maximum atomic E-state index is 12.6. The standard InChI is InChI=1S/C16H14N6O4/c17-15(24)14(23)11(7-10-3-6-26-8-10)21-16(25)12-1-5-20-22(12)13-2-4-18-9-19-13/h1-6,8-9,11H,7H2,(H2,17,24)(H,21,25). The molecule has 0 bridgehead atoms. The number of aromatic nitrogens is 4. The predicted molar refractivity (Wildman–Crippen MR) is 87.0 cm³/mol. The number of nitrogens with one attached hydrogen (secondary N) is 1. The second-order valence-electron chi connectivity index (χ2n) is 5.29. The Labute approximate surface area is 147 Å². The lowest BCUT2D eigenvalue weighted by atomic mass is 10.0. The highest BCUT2D eigenvalue weighted by molar-refractivity contribution is 6.38. The van der Waals surface area contributed by atoms with E-state index in [2.05, 4.69) is 20.4 Å². The van der Waals surface area contributed by atoms with Crippen LogP contribution in [0, 0.1) is 0 Å². The van der Waals surface area contributed by atoms with E-state index in [9.17, 15) is 14.4 Å². The third-order valence-electron chi connectivity index (χ3n) is 3.54. The zero-order valence-corrected chi connectivity index (χ0v) is 13.4. The molecular formula is C16H14N6O4. The number of Topliss-reactive ketones (excluding diaryl/α,β-unsaturated/α-hetero) is 1. The summed E-state index contributed by atoms with van der Waals surface area (Å²) < 4.78 is 6.23. The molecular weight excluding hydrogens is 340 g/mol. The van der Waals surface area contributed by atoms with Crippen LogP contribution < -0.4 is 11.1 Å². The Bertz CT molecular complexity index is 919. The van der Waals surface area contributed by atoms with Gasteiger partial charge < -0.3 is 15.5 Å². The largest absolute Gasteiger partial charge is 0.472 e. The molecule has 0 saturated heterocycles. The van der Waals surface area contributed by atoms with E-state index in [1.165, 1.54) is 42.0 Å². The monoisotopic (exact) mass is 354 g/mol. The minimum atomic E-state index is -1.14. The van der Waals surface area contributed by atoms with E-state index < -0.39 is 23.6 Å². The number of primary amides is 1. The third-order valence-corrected chi connectivity index (χ3v) is 3.54. The van der Waals surface area contributed by atoms with Gasteiger partial charge in [0.1, 0.15) is 18.1 Å². The Morgan fingerprint density at radius 2 is 2.08 bits per heavy atom. The second kappa shape index (κ2) is 7.38. The smallest absolute Gasteiger partial charge is 0.287 e. The molecule has 0 aliphatic rings. The molecule has 3 aromatic rings. The zero-order chi connectivity index (χ0) is 18.5. The van der Waals surface area contributed by atoms with Crippen molar-refractivity contribution in [2.24, 2.45) is 5.73 Å². The van der Waals surface area contributed by atoms with Gasteiger partial charge in [-0.05, 0) is 17.7 Å². The Morgan fingerprint density at radius 1 is 1.23 bits per heavy atom. The fraction of sp³-hybridized carbons (Fsp3) is 0.125. The topological polar surface area (TPSA) is 146 Å². The maximum Gasteiger partial charge on any atom is 0.287 e. The number of nitrogens with two attached hydrogens (primary N) is 1. The first kappa shape index (κ1) is 17.0. The van der Waals surface area contributed by atoms with Gasteiger partial charge in [0.2, 0.25) is 5.78 Å². The van der Waals surface area contributed by atoms with E-state index in [0.29, 0.717) is 11.4 Å². The van der Waals surface area contributed by atoms with Gasteiger partial charge in [-0.25, -0.2) is 14.6 Å². The summed E-state index contributed by atoms with van der Waals surface area (Å²) in [7, 11) is 0. The first-order valence-electron chi connectivity index (χ1n) is 7.52. The minimum absolute atomic E-state index is 0.0612. The van der Waals surface area contributed by atoms with Crippen LogP contribution in [-0.4, -0.2) is 43.4 Å². The first-order chi connectivity index (χ1) is 12.6. The lowest BCUT2D eigenvalue weighted by Gasteiger charge is -2.15. The summed E-state index contributed by atoms with van der Waals surface area (Å²) >= 11 is 0. The number of furan rings is 1. The van der Waals surface area contributed by atoms with E-state index in [1.54, 1.807) is 12.1 Å². The molecule has 0 fully saturated rings. The number of hydrogen-bond donors (Lipinski definition) is 2. The summed E-state index contributed by atoms with van der Waals surface area (Å²) in [6, 6.07) is 3.52. The molecule has 0 saturated carbocycles. The summed E-state index contributed by atoms with van der Waals surface area (Å²) in [6.07, 6.45) is 7.14. The SMILES string of the molecule is NC(=O)C(=O)C(Cc1ccoc1)NC(=O)c1ccnn1-c1ccncn1. The Kier molecular flexibility index (Phi) is 4.83. The molecule has 10 heteroatoms. The van der Waals surface area contributed by atoms with Crippen molar-refractivity contribution in [1.82, 2.24) is 25.1 Å². The molecule has 26 heavy (non-hydrogen) atoms. The molecule has 0 aliphatic heterocycles. The van der Waals surface area contributed by atoms with Crippen LogP contribution in [0.15, 0.2) is 53.9 Å². The molecule has 0 radical (unpaired) electrons. The second-order valence-corrected chi connectivity index (χ2v) is 5.29. The molecule has 132 valence electrons. The Hall–Kier alpha value is -3.82. The van der Waals surface area contributed by atoms with Crippen LogP contribution in [0.1, 0.15) is 16.1 Å². The lowest BCUT2D eigenvalue weighted by Crippen LogP contribution is -2.47. The normalized spacial score (nSPS) is 11.7. The molecule has 1 unspecified atom stereocenters. The van der Waals surface area contributed by atoms with Crippen LogP contribution in [0.25, 0.3) is 5.82 Å². The van der Waals surface area contributed by atoms with Crippen molar-refractivity contribution in [2.45, 2.75) is 12.5 Å². The average molecular weight is 354 g/mol. The number of amides is 2. The van der Waals surface area contributed by atoms with Crippen molar-refractivity contribution in [1.29, 1.82) is 0 Å². The predicted octanol–water partition coefficient (Wildman–Crippen LogP) is -0.349. The van der Waals surface area contributed by atoms with E-state index in [4.69, 9.17) is 10.2 Å². The third kappa shape index (κ3) is 3.64. The van der Waals surface area contributed by atoms with Gasteiger partial charge in [-0.15, -0.1) is 0 Å². The summed E-state index contributed by atoms with van der Waals surface area (Å²) in [6.45, 7) is 0. The van der Waals surface area contributed by atoms with Crippen LogP contribution in [-0.2, 0) is 16.0 Å². The van der Waals surface area contributed by atoms with Gasteiger partial charge in [0.05, 0.1) is 18.7 Å². The van der Waals surface area contributed by atoms with Crippen LogP contribution in [0.4, 0.5) is 0 Å². The molecule has 1 atom stereocenters. The lowest BCUT2D eigenvalue weighted by molar-refractivity contribution is -0.137. The van der Waals surface area contributed by atoms with E-state index in [0.717, 1.165) is 0 Å². The van der Waals surface area contributed by atoms with Gasteiger partial charge in [-0.1, -0.05) is 0 Å². The highest BCUT2D eigenvalue weighted by Gasteiger charge is 2.27. The number of rotatable bonds is 7. The number of carbonyl (C=O) groups excluding carboxylic acids is 3. The zero-order valence-electron chi connectivity index (χ0n) is 13.4. The highest BCUT2D eigenvalue weighted by Crippen LogP contribution is 2.09. The van der Waals surface area contributed by atoms with Gasteiger partial charge >= 0.3 is 0 Å². The van der Waals surface area contributed by atoms with Gasteiger partial charge in [0, 0.05) is 18.7 Å². The van der Waals surface area contributed by atoms with Crippen molar-refractivity contribution in [3.8, 4) is 5.82 Å². The van der Waals surface area contributed by atoms with Crippen molar-refractivity contribution in [2.75, 3.05) is 0 Å². The molecule has 0 aromatic carbocycles. The molecule has 3 heterocycles. The molecule has 10 nitrogen and oxygen atoms in total. The van der Waals surface area contributed by atoms with Crippen LogP contribution in [0.3, 0.4) is 0 Å². The molecule has 3 rings (SSSR count). The number of nitrogens with zero attached hydrogens (tertiary/aromatic N) is 4. The summed E-state index contributed by atoms with van der Waals surface area (Å²) in [5, 5.41) is 6.56. The van der Waals surface area contributed by atoms with Crippen LogP contribution in [0.5, 0.6) is 0 Å². The van der Waals surface area contributed by atoms with E-state index >= 15 is 0 Å². The average Bonchev–Trinajstić information content (AvgIpc) is 3.32. The Morgan fingerprint density at radius 3 is 2.73 bits per heavy atom. The summed E-state index contributed by atoms with van der Waals surface area (Å²) in [4.78, 5) is 43.8. The number of ketones is 1.